The molecule has 1 heteroatoms. The van der Waals surface area contributed by atoms with E-state index in [0.717, 1.165) is 13.0 Å². The van der Waals surface area contributed by atoms with Crippen molar-refractivity contribution in [1.29, 1.82) is 0 Å². The summed E-state index contributed by atoms with van der Waals surface area (Å²) in [6, 6.07) is 0. The van der Waals surface area contributed by atoms with Gasteiger partial charge in [0.05, 0.1) is 0 Å². The van der Waals surface area contributed by atoms with Crippen LogP contribution in [-0.2, 0) is 0 Å². The van der Waals surface area contributed by atoms with Crippen LogP contribution in [0.5, 0.6) is 0 Å². The van der Waals surface area contributed by atoms with E-state index >= 15 is 0 Å². The zero-order valence-electron chi connectivity index (χ0n) is 6.38. The predicted octanol–water partition coefficient (Wildman–Crippen LogP) is 1.92. The second-order valence-corrected chi connectivity index (χ2v) is 2.72. The van der Waals surface area contributed by atoms with Gasteiger partial charge in [-0.25, -0.2) is 0 Å². The molecule has 1 N–H and O–H groups in total. The van der Waals surface area contributed by atoms with Gasteiger partial charge in [-0.2, -0.15) is 0 Å². The molecular weight excluding hydrogens is 134 g/mol. The third kappa shape index (κ3) is 1.27. The van der Waals surface area contributed by atoms with Crippen molar-refractivity contribution in [3.05, 3.63) is 47.7 Å². The molecule has 0 amide bonds. The maximum atomic E-state index is 3.33. The standard InChI is InChI=1S/C10H11N/c1-2-4-6-10-9(5-3-1)7-8-11-10/h1-6,11H,7-8H2/b2-1?,3-1-,4-2+,5-3?,6-4?,9-5+,10-6+. The minimum absolute atomic E-state index is 1.08. The Morgan fingerprint density at radius 3 is 2.73 bits per heavy atom. The highest BCUT2D eigenvalue weighted by Gasteiger charge is 2.10. The Hall–Kier alpha value is -1.24. The van der Waals surface area contributed by atoms with Crippen molar-refractivity contribution in [3.8, 4) is 0 Å². The minimum atomic E-state index is 1.08. The van der Waals surface area contributed by atoms with Gasteiger partial charge in [-0.05, 0) is 18.1 Å². The molecule has 1 aliphatic heterocycles. The van der Waals surface area contributed by atoms with E-state index in [9.17, 15) is 0 Å². The van der Waals surface area contributed by atoms with Gasteiger partial charge in [-0.15, -0.1) is 0 Å². The molecule has 0 spiro atoms. The van der Waals surface area contributed by atoms with Crippen molar-refractivity contribution < 1.29 is 0 Å². The van der Waals surface area contributed by atoms with Crippen molar-refractivity contribution in [3.63, 3.8) is 0 Å². The highest BCUT2D eigenvalue weighted by Crippen LogP contribution is 2.18. The van der Waals surface area contributed by atoms with E-state index in [4.69, 9.17) is 0 Å². The number of fused-ring (bicyclic) bond motifs is 1. The van der Waals surface area contributed by atoms with E-state index in [2.05, 4.69) is 35.7 Å². The molecule has 0 aromatic carbocycles. The van der Waals surface area contributed by atoms with Gasteiger partial charge >= 0.3 is 0 Å². The maximum Gasteiger partial charge on any atom is 0.0373 e. The summed E-state index contributed by atoms with van der Waals surface area (Å²) in [4.78, 5) is 0. The maximum absolute atomic E-state index is 3.33. The zero-order chi connectivity index (χ0) is 7.52. The van der Waals surface area contributed by atoms with E-state index in [1.165, 1.54) is 11.3 Å². The number of hydrogen-bond donors (Lipinski definition) is 1. The van der Waals surface area contributed by atoms with Crippen molar-refractivity contribution >= 4 is 0 Å². The van der Waals surface area contributed by atoms with Crippen LogP contribution in [0.15, 0.2) is 47.7 Å². The van der Waals surface area contributed by atoms with Crippen LogP contribution in [-0.4, -0.2) is 6.54 Å². The molecule has 0 radical (unpaired) electrons. The quantitative estimate of drug-likeness (QED) is 0.549. The summed E-state index contributed by atoms with van der Waals surface area (Å²) in [6.07, 6.45) is 13.7. The summed E-state index contributed by atoms with van der Waals surface area (Å²) in [6.45, 7) is 1.08. The first-order valence-electron chi connectivity index (χ1n) is 3.95. The summed E-state index contributed by atoms with van der Waals surface area (Å²) < 4.78 is 0. The van der Waals surface area contributed by atoms with Gasteiger partial charge < -0.3 is 5.32 Å². The molecule has 1 aliphatic carbocycles. The topological polar surface area (TPSA) is 12.0 Å². The lowest BCUT2D eigenvalue weighted by Crippen LogP contribution is -2.03. The summed E-state index contributed by atoms with van der Waals surface area (Å²) in [5.41, 5.74) is 2.70. The van der Waals surface area contributed by atoms with Gasteiger partial charge in [0.15, 0.2) is 0 Å². The van der Waals surface area contributed by atoms with Gasteiger partial charge in [0, 0.05) is 12.2 Å². The van der Waals surface area contributed by atoms with Crippen LogP contribution in [0.4, 0.5) is 0 Å². The normalized spacial score (nSPS) is 36.4. The minimum Gasteiger partial charge on any atom is -0.384 e. The molecule has 0 atom stereocenters. The number of nitrogens with one attached hydrogen (secondary N) is 1. The first kappa shape index (κ1) is 6.47. The molecule has 0 aromatic heterocycles. The van der Waals surface area contributed by atoms with Gasteiger partial charge in [0.25, 0.3) is 0 Å². The van der Waals surface area contributed by atoms with Gasteiger partial charge in [0.1, 0.15) is 0 Å². The highest BCUT2D eigenvalue weighted by molar-refractivity contribution is 5.40. The Kier molecular flexibility index (Phi) is 1.64. The Bertz CT molecular complexity index is 239. The molecular formula is C10H11N. The lowest BCUT2D eigenvalue weighted by Gasteiger charge is -1.98. The Morgan fingerprint density at radius 2 is 1.82 bits per heavy atom. The fraction of sp³-hybridized carbons (Fsp3) is 0.200. The second kappa shape index (κ2) is 2.79. The van der Waals surface area contributed by atoms with Crippen LogP contribution >= 0.6 is 0 Å². The van der Waals surface area contributed by atoms with Crippen molar-refractivity contribution in [1.82, 2.24) is 5.32 Å². The largest absolute Gasteiger partial charge is 0.384 e. The highest BCUT2D eigenvalue weighted by atomic mass is 14.9. The first-order valence-corrected chi connectivity index (χ1v) is 3.95. The van der Waals surface area contributed by atoms with Crippen molar-refractivity contribution in [2.45, 2.75) is 6.42 Å². The summed E-state index contributed by atoms with van der Waals surface area (Å²) in [7, 11) is 0. The van der Waals surface area contributed by atoms with Crippen LogP contribution in [0, 0.1) is 0 Å². The predicted molar refractivity (Wildman–Crippen MR) is 47.1 cm³/mol. The molecule has 2 rings (SSSR count). The van der Waals surface area contributed by atoms with E-state index in [1.807, 2.05) is 6.08 Å². The summed E-state index contributed by atoms with van der Waals surface area (Å²) >= 11 is 0. The molecule has 0 saturated carbocycles. The SMILES string of the molecule is C1=C\C=C2/CCN/C2=C/C=C/1. The molecule has 2 aliphatic rings. The molecule has 1 heterocycles. The summed E-state index contributed by atoms with van der Waals surface area (Å²) in [5, 5.41) is 3.33. The fourth-order valence-corrected chi connectivity index (χ4v) is 1.37. The zero-order valence-corrected chi connectivity index (χ0v) is 6.38. The van der Waals surface area contributed by atoms with Crippen LogP contribution in [0.3, 0.4) is 0 Å². The second-order valence-electron chi connectivity index (χ2n) is 2.72. The van der Waals surface area contributed by atoms with Gasteiger partial charge in [-0.1, -0.05) is 30.4 Å². The third-order valence-electron chi connectivity index (χ3n) is 1.95. The fourth-order valence-electron chi connectivity index (χ4n) is 1.37. The molecule has 1 saturated heterocycles. The van der Waals surface area contributed by atoms with Crippen molar-refractivity contribution in [2.24, 2.45) is 0 Å². The van der Waals surface area contributed by atoms with Gasteiger partial charge in [0.2, 0.25) is 0 Å². The van der Waals surface area contributed by atoms with E-state index in [1.54, 1.807) is 0 Å². The Labute approximate surface area is 66.8 Å². The van der Waals surface area contributed by atoms with E-state index in [0.29, 0.717) is 0 Å². The average Bonchev–Trinajstić information content (AvgIpc) is 2.35. The smallest absolute Gasteiger partial charge is 0.0373 e. The van der Waals surface area contributed by atoms with Crippen molar-refractivity contribution in [2.75, 3.05) is 6.54 Å². The van der Waals surface area contributed by atoms with E-state index in [-0.39, 0.29) is 0 Å². The molecule has 56 valence electrons. The van der Waals surface area contributed by atoms with Crippen LogP contribution in [0.2, 0.25) is 0 Å². The van der Waals surface area contributed by atoms with Gasteiger partial charge in [-0.3, -0.25) is 0 Å². The van der Waals surface area contributed by atoms with E-state index < -0.39 is 0 Å². The molecule has 1 nitrogen and oxygen atoms in total. The van der Waals surface area contributed by atoms with Crippen LogP contribution < -0.4 is 5.32 Å². The average molecular weight is 145 g/mol. The monoisotopic (exact) mass is 145 g/mol. The third-order valence-corrected chi connectivity index (χ3v) is 1.95. The Morgan fingerprint density at radius 1 is 1.00 bits per heavy atom. The lowest BCUT2D eigenvalue weighted by atomic mass is 10.1. The van der Waals surface area contributed by atoms with Crippen LogP contribution in [0.25, 0.3) is 0 Å². The molecule has 0 aromatic rings. The molecule has 1 fully saturated rings. The lowest BCUT2D eigenvalue weighted by molar-refractivity contribution is 0.915. The molecule has 11 heavy (non-hydrogen) atoms. The summed E-state index contributed by atoms with van der Waals surface area (Å²) in [5.74, 6) is 0. The number of rotatable bonds is 0. The molecule has 0 unspecified atom stereocenters. The Balaban J connectivity index is 2.35. The van der Waals surface area contributed by atoms with Crippen LogP contribution in [0.1, 0.15) is 6.42 Å². The number of hydrogen-bond acceptors (Lipinski definition) is 1. The number of allylic oxidation sites excluding steroid dienone is 7. The molecule has 0 bridgehead atoms. The first-order chi connectivity index (χ1) is 5.47.